The van der Waals surface area contributed by atoms with Gasteiger partial charge in [-0.3, -0.25) is 19.2 Å². The van der Waals surface area contributed by atoms with Gasteiger partial charge in [0, 0.05) is 23.2 Å². The minimum absolute atomic E-state index is 0.0158. The molecule has 0 aromatic heterocycles. The van der Waals surface area contributed by atoms with E-state index in [1.165, 1.54) is 19.1 Å². The number of carbonyl (C=O) groups is 4. The minimum Gasteiger partial charge on any atom is -0.456 e. The van der Waals surface area contributed by atoms with Gasteiger partial charge in [0.2, 0.25) is 11.7 Å². The standard InChI is InChI=1S/C30H38F2N2O11/c1-26(2)44-23-12-17-18-11-20(31)19-10-16(35)7-8-27(19,3)29(18,32)21(36)13-28(17,4)30(23,45-26)22(37)15-42-25(39)14-33-24(38)6-5-9-43-34(40)41/h7-8,10,17-18,20-21,23,36H,5-6,9,11-15H2,1-4H3,(H,33,38)/t17-,18-,20-,21-,23-,27-,28-,29-,30-/m0/s1. The Balaban J connectivity index is 1.34. The lowest BCUT2D eigenvalue weighted by Crippen LogP contribution is -2.71. The molecule has 15 heteroatoms. The zero-order chi connectivity index (χ0) is 33.2. The number of rotatable bonds is 10. The Kier molecular flexibility index (Phi) is 8.23. The lowest BCUT2D eigenvalue weighted by Gasteiger charge is -2.63. The van der Waals surface area contributed by atoms with Crippen LogP contribution < -0.4 is 5.32 Å². The second-order valence-corrected chi connectivity index (χ2v) is 13.5. The van der Waals surface area contributed by atoms with Crippen molar-refractivity contribution < 1.29 is 57.2 Å². The van der Waals surface area contributed by atoms with Gasteiger partial charge in [0.25, 0.3) is 5.09 Å². The number of halogens is 2. The molecule has 5 rings (SSSR count). The van der Waals surface area contributed by atoms with Crippen LogP contribution in [-0.2, 0) is 38.2 Å². The van der Waals surface area contributed by atoms with E-state index in [1.807, 2.05) is 0 Å². The Bertz CT molecular complexity index is 1370. The molecule has 1 amide bonds. The molecule has 4 fully saturated rings. The molecule has 0 bridgehead atoms. The van der Waals surface area contributed by atoms with Crippen molar-refractivity contribution in [2.75, 3.05) is 19.8 Å². The van der Waals surface area contributed by atoms with Crippen LogP contribution in [0.25, 0.3) is 0 Å². The third kappa shape index (κ3) is 5.07. The number of ether oxygens (including phenoxy) is 3. The summed E-state index contributed by atoms with van der Waals surface area (Å²) in [5, 5.41) is 23.1. The molecule has 248 valence electrons. The number of fused-ring (bicyclic) bond motifs is 7. The molecule has 5 aliphatic rings. The van der Waals surface area contributed by atoms with Gasteiger partial charge in [-0.15, -0.1) is 10.1 Å². The molecule has 3 saturated carbocycles. The van der Waals surface area contributed by atoms with Gasteiger partial charge in [0.1, 0.15) is 12.7 Å². The minimum atomic E-state index is -2.36. The van der Waals surface area contributed by atoms with E-state index in [-0.39, 0.29) is 44.3 Å². The molecule has 0 radical (unpaired) electrons. The quantitative estimate of drug-likeness (QED) is 0.154. The Labute approximate surface area is 257 Å². The van der Waals surface area contributed by atoms with Crippen molar-refractivity contribution in [2.24, 2.45) is 22.7 Å². The summed E-state index contributed by atoms with van der Waals surface area (Å²) < 4.78 is 51.0. The van der Waals surface area contributed by atoms with Gasteiger partial charge >= 0.3 is 5.97 Å². The van der Waals surface area contributed by atoms with Crippen molar-refractivity contribution in [3.8, 4) is 0 Å². The van der Waals surface area contributed by atoms with E-state index in [2.05, 4.69) is 10.2 Å². The number of ketones is 2. The topological polar surface area (TPSA) is 181 Å². The summed E-state index contributed by atoms with van der Waals surface area (Å²) in [6, 6.07) is 0. The predicted octanol–water partition coefficient (Wildman–Crippen LogP) is 2.02. The van der Waals surface area contributed by atoms with Gasteiger partial charge in [-0.05, 0) is 70.1 Å². The second kappa shape index (κ2) is 11.2. The first-order valence-corrected chi connectivity index (χ1v) is 15.0. The van der Waals surface area contributed by atoms with Gasteiger partial charge in [-0.2, -0.15) is 0 Å². The van der Waals surface area contributed by atoms with Gasteiger partial charge in [0.15, 0.2) is 29.4 Å². The van der Waals surface area contributed by atoms with Crippen molar-refractivity contribution in [1.82, 2.24) is 5.32 Å². The fraction of sp³-hybridized carbons (Fsp3) is 0.733. The smallest absolute Gasteiger partial charge is 0.325 e. The van der Waals surface area contributed by atoms with Crippen molar-refractivity contribution in [1.29, 1.82) is 0 Å². The van der Waals surface area contributed by atoms with Crippen LogP contribution in [0.5, 0.6) is 0 Å². The highest BCUT2D eigenvalue weighted by Crippen LogP contribution is 2.72. The maximum atomic E-state index is 17.5. The zero-order valence-electron chi connectivity index (χ0n) is 25.5. The maximum absolute atomic E-state index is 17.5. The van der Waals surface area contributed by atoms with Crippen LogP contribution in [0.4, 0.5) is 8.78 Å². The zero-order valence-corrected chi connectivity index (χ0v) is 25.5. The predicted molar refractivity (Wildman–Crippen MR) is 148 cm³/mol. The highest BCUT2D eigenvalue weighted by atomic mass is 19.1. The first-order valence-electron chi connectivity index (χ1n) is 15.0. The van der Waals surface area contributed by atoms with Crippen molar-refractivity contribution in [3.63, 3.8) is 0 Å². The molecule has 0 aromatic rings. The fourth-order valence-corrected chi connectivity index (χ4v) is 8.74. The first-order chi connectivity index (χ1) is 20.9. The van der Waals surface area contributed by atoms with E-state index < -0.39 is 99.8 Å². The van der Waals surface area contributed by atoms with Crippen LogP contribution in [0.3, 0.4) is 0 Å². The Morgan fingerprint density at radius 1 is 1.20 bits per heavy atom. The monoisotopic (exact) mass is 640 g/mol. The lowest BCUT2D eigenvalue weighted by atomic mass is 9.44. The van der Waals surface area contributed by atoms with Gasteiger partial charge in [-0.1, -0.05) is 13.0 Å². The van der Waals surface area contributed by atoms with Crippen LogP contribution in [-0.4, -0.2) is 88.8 Å². The average Bonchev–Trinajstić information content (AvgIpc) is 3.36. The number of carbonyl (C=O) groups excluding carboxylic acids is 4. The van der Waals surface area contributed by atoms with E-state index in [4.69, 9.17) is 14.2 Å². The van der Waals surface area contributed by atoms with Crippen LogP contribution in [0.15, 0.2) is 23.8 Å². The van der Waals surface area contributed by atoms with Crippen molar-refractivity contribution in [2.45, 2.75) is 95.2 Å². The highest BCUT2D eigenvalue weighted by Gasteiger charge is 2.80. The number of allylic oxidation sites excluding steroid dienone is 4. The second-order valence-electron chi connectivity index (χ2n) is 13.5. The Morgan fingerprint density at radius 3 is 2.60 bits per heavy atom. The molecule has 45 heavy (non-hydrogen) atoms. The van der Waals surface area contributed by atoms with E-state index >= 15 is 8.78 Å². The molecule has 1 aliphatic heterocycles. The molecular weight excluding hydrogens is 602 g/mol. The molecule has 9 atom stereocenters. The third-order valence-electron chi connectivity index (χ3n) is 10.6. The Hall–Kier alpha value is -3.30. The molecule has 1 saturated heterocycles. The van der Waals surface area contributed by atoms with E-state index in [0.29, 0.717) is 0 Å². The third-order valence-corrected chi connectivity index (χ3v) is 10.6. The van der Waals surface area contributed by atoms with Gasteiger partial charge < -0.3 is 29.5 Å². The van der Waals surface area contributed by atoms with Crippen molar-refractivity contribution >= 4 is 23.4 Å². The Morgan fingerprint density at radius 2 is 1.91 bits per heavy atom. The molecule has 0 spiro atoms. The van der Waals surface area contributed by atoms with Gasteiger partial charge in [0.05, 0.1) is 18.8 Å². The van der Waals surface area contributed by atoms with E-state index in [9.17, 15) is 34.4 Å². The molecule has 2 N–H and O–H groups in total. The van der Waals surface area contributed by atoms with E-state index in [1.54, 1.807) is 20.8 Å². The number of aliphatic hydroxyl groups is 1. The number of esters is 1. The van der Waals surface area contributed by atoms with Crippen LogP contribution in [0, 0.1) is 32.8 Å². The number of Topliss-reactive ketones (excluding diaryl/α,β-unsaturated/α-hetero) is 1. The summed E-state index contributed by atoms with van der Waals surface area (Å²) in [7, 11) is 0. The summed E-state index contributed by atoms with van der Waals surface area (Å²) >= 11 is 0. The summed E-state index contributed by atoms with van der Waals surface area (Å²) in [4.78, 5) is 64.8. The van der Waals surface area contributed by atoms with Gasteiger partial charge in [-0.25, -0.2) is 8.78 Å². The normalized spacial score (nSPS) is 40.7. The van der Waals surface area contributed by atoms with Crippen LogP contribution in [0.1, 0.15) is 59.8 Å². The number of nitrogens with zero attached hydrogens (tertiary/aromatic N) is 1. The fourth-order valence-electron chi connectivity index (χ4n) is 8.74. The largest absolute Gasteiger partial charge is 0.456 e. The number of alkyl halides is 2. The summed E-state index contributed by atoms with van der Waals surface area (Å²) in [5.41, 5.74) is -7.01. The summed E-state index contributed by atoms with van der Waals surface area (Å²) in [6.07, 6.45) is -1.19. The number of aliphatic hydroxyl groups excluding tert-OH is 1. The molecular formula is C30H38F2N2O11. The van der Waals surface area contributed by atoms with E-state index in [0.717, 1.165) is 6.08 Å². The first kappa shape index (κ1) is 33.1. The molecule has 13 nitrogen and oxygen atoms in total. The highest BCUT2D eigenvalue weighted by molar-refractivity contribution is 6.01. The lowest BCUT2D eigenvalue weighted by molar-refractivity contribution is -0.757. The number of nitrogens with one attached hydrogen (secondary N) is 1. The summed E-state index contributed by atoms with van der Waals surface area (Å²) in [6.45, 7) is 4.75. The molecule has 0 aromatic carbocycles. The number of amides is 1. The van der Waals surface area contributed by atoms with Crippen LogP contribution >= 0.6 is 0 Å². The SMILES string of the molecule is CC1(C)O[C@H]2C[C@H]3[C@@H]4C[C@H](F)C5=CC(=O)C=C[C@]5(C)[C@@]4(F)[C@@H](O)C[C@]3(C)[C@@]2(C(=O)COC(=O)CNC(=O)CCCO[N+](=O)[O-])O1. The molecule has 4 aliphatic carbocycles. The maximum Gasteiger partial charge on any atom is 0.325 e. The molecule has 1 heterocycles. The number of hydrogen-bond acceptors (Lipinski definition) is 11. The average molecular weight is 641 g/mol. The molecule has 0 unspecified atom stereocenters. The summed E-state index contributed by atoms with van der Waals surface area (Å²) in [5.74, 6) is -5.67. The number of hydrogen-bond donors (Lipinski definition) is 2. The van der Waals surface area contributed by atoms with Crippen molar-refractivity contribution in [3.05, 3.63) is 33.9 Å². The van der Waals surface area contributed by atoms with Crippen LogP contribution in [0.2, 0.25) is 0 Å².